The molecule has 0 unspecified atom stereocenters. The minimum atomic E-state index is 0.448. The van der Waals surface area contributed by atoms with E-state index in [2.05, 4.69) is 235 Å². The first-order valence-corrected chi connectivity index (χ1v) is 29.4. The Morgan fingerprint density at radius 1 is 0.342 bits per heavy atom. The van der Waals surface area contributed by atoms with Gasteiger partial charge in [-0.2, -0.15) is 20.4 Å². The largest absolute Gasteiger partial charge is 0.355 e. The summed E-state index contributed by atoms with van der Waals surface area (Å²) in [5, 5.41) is 25.7. The van der Waals surface area contributed by atoms with Crippen molar-refractivity contribution < 1.29 is 0 Å². The molecule has 0 aliphatic carbocycles. The second-order valence-corrected chi connectivity index (χ2v) is 24.8. The molecule has 0 bridgehead atoms. The minimum absolute atomic E-state index is 0.448. The van der Waals surface area contributed by atoms with E-state index < -0.39 is 0 Å². The Morgan fingerprint density at radius 2 is 0.630 bits per heavy atom. The number of hydrogen-bond donors (Lipinski definition) is 0. The summed E-state index contributed by atoms with van der Waals surface area (Å²) in [4.78, 5) is 14.9. The molecule has 0 radical (unpaired) electrons. The molecule has 3 aromatic rings. The van der Waals surface area contributed by atoms with E-state index in [1.54, 1.807) is 0 Å². The fourth-order valence-electron chi connectivity index (χ4n) is 10.00. The zero-order valence-electron chi connectivity index (χ0n) is 50.8. The van der Waals surface area contributed by atoms with Crippen LogP contribution in [0, 0.1) is 23.7 Å². The Hall–Kier alpha value is -3.32. The van der Waals surface area contributed by atoms with Gasteiger partial charge in [0.2, 0.25) is 0 Å². The van der Waals surface area contributed by atoms with Gasteiger partial charge >= 0.3 is 0 Å². The van der Waals surface area contributed by atoms with Crippen LogP contribution in [0.5, 0.6) is 0 Å². The van der Waals surface area contributed by atoms with Crippen molar-refractivity contribution in [2.45, 2.75) is 218 Å². The molecule has 0 amide bonds. The van der Waals surface area contributed by atoms with Gasteiger partial charge in [0.05, 0.1) is 22.8 Å². The van der Waals surface area contributed by atoms with Crippen molar-refractivity contribution in [3.05, 3.63) is 59.2 Å². The van der Waals surface area contributed by atoms with Gasteiger partial charge in [-0.3, -0.25) is 14.7 Å². The lowest BCUT2D eigenvalue weighted by atomic mass is 9.86. The fourth-order valence-corrected chi connectivity index (χ4v) is 10.00. The van der Waals surface area contributed by atoms with Gasteiger partial charge in [-0.05, 0) is 184 Å². The van der Waals surface area contributed by atoms with Crippen LogP contribution < -0.4 is 9.80 Å². The first-order chi connectivity index (χ1) is 34.5. The van der Waals surface area contributed by atoms with Crippen LogP contribution in [0.1, 0.15) is 217 Å². The number of piperazine rings is 2. The highest BCUT2D eigenvalue weighted by molar-refractivity contribution is 5.39. The van der Waals surface area contributed by atoms with E-state index >= 15 is 0 Å². The van der Waals surface area contributed by atoms with Crippen LogP contribution in [-0.2, 0) is 0 Å². The van der Waals surface area contributed by atoms with Crippen molar-refractivity contribution in [3.63, 3.8) is 0 Å². The van der Waals surface area contributed by atoms with Gasteiger partial charge in [-0.1, -0.05) is 83.1 Å². The monoisotopic (exact) mass is 1010 g/mol. The summed E-state index contributed by atoms with van der Waals surface area (Å²) in [6.45, 7) is 58.9. The van der Waals surface area contributed by atoms with Crippen LogP contribution in [0.3, 0.4) is 0 Å². The Kier molecular flexibility index (Phi) is 28.9. The van der Waals surface area contributed by atoms with Crippen molar-refractivity contribution in [1.82, 2.24) is 50.2 Å². The summed E-state index contributed by atoms with van der Waals surface area (Å²) in [7, 11) is 0. The van der Waals surface area contributed by atoms with E-state index in [-0.39, 0.29) is 0 Å². The summed E-state index contributed by atoms with van der Waals surface area (Å²) in [6.07, 6.45) is 6.79. The third-order valence-corrected chi connectivity index (χ3v) is 15.6. The predicted molar refractivity (Wildman–Crippen MR) is 313 cm³/mol. The average molecular weight is 1010 g/mol. The maximum absolute atomic E-state index is 4.39. The predicted octanol–water partition coefficient (Wildman–Crippen LogP) is 12.9. The molecule has 7 heterocycles. The third-order valence-electron chi connectivity index (χ3n) is 15.6. The standard InChI is InChI=1S/C16H27N3.C14H24N4.C11H23N.C10H22N2.C10H16N2/c1-12(2)11-14-7-9-19(10-8-14)16-6-5-15(13(3)4)17-18-16;1-11(2)13-5-6-14(16-15-13)18-9-7-17(8-10-18)12(3)4;2*1-9(2)11-5-7-12(8-6-11)10(3)4;1-7(2)9-5-6-10(8(3)4)12-11-9/h5-6,12-14H,7-11H2,1-4H3;5-6,11-12H,7-10H2,1-4H3;9-11H,5-8H2,1-4H3;9-10H,5-8H2,1-4H3;5-8H,1-4H3. The molecule has 73 heavy (non-hydrogen) atoms. The van der Waals surface area contributed by atoms with Crippen molar-refractivity contribution >= 4 is 11.6 Å². The van der Waals surface area contributed by atoms with E-state index in [0.29, 0.717) is 29.7 Å². The summed E-state index contributed by atoms with van der Waals surface area (Å²) < 4.78 is 0. The normalized spacial score (nSPS) is 18.2. The lowest BCUT2D eigenvalue weighted by Crippen LogP contribution is -2.50. The molecule has 3 aromatic heterocycles. The molecule has 416 valence electrons. The van der Waals surface area contributed by atoms with Gasteiger partial charge < -0.3 is 14.7 Å². The second kappa shape index (κ2) is 33.0. The highest BCUT2D eigenvalue weighted by Gasteiger charge is 2.24. The van der Waals surface area contributed by atoms with E-state index in [1.165, 1.54) is 71.4 Å². The first-order valence-electron chi connectivity index (χ1n) is 29.4. The number of likely N-dealkylation sites (tertiary alicyclic amines) is 1. The molecule has 4 aliphatic heterocycles. The number of aromatic nitrogens is 6. The lowest BCUT2D eigenvalue weighted by Gasteiger charge is -2.38. The van der Waals surface area contributed by atoms with Gasteiger partial charge in [0.25, 0.3) is 0 Å². The molecule has 0 saturated carbocycles. The first kappa shape index (κ1) is 64.0. The van der Waals surface area contributed by atoms with Gasteiger partial charge in [0, 0.05) is 89.6 Å². The Balaban J connectivity index is 0.000000245. The van der Waals surface area contributed by atoms with E-state index in [9.17, 15) is 0 Å². The van der Waals surface area contributed by atoms with Gasteiger partial charge in [-0.25, -0.2) is 0 Å². The van der Waals surface area contributed by atoms with E-state index in [1.807, 2.05) is 0 Å². The maximum atomic E-state index is 4.39. The molecule has 4 saturated heterocycles. The molecule has 0 N–H and O–H groups in total. The average Bonchev–Trinajstić information content (AvgIpc) is 3.37. The second-order valence-electron chi connectivity index (χ2n) is 24.8. The minimum Gasteiger partial charge on any atom is -0.355 e. The summed E-state index contributed by atoms with van der Waals surface area (Å²) in [5.74, 6) is 7.51. The van der Waals surface area contributed by atoms with E-state index in [4.69, 9.17) is 0 Å². The Bertz CT molecular complexity index is 1740. The Labute approximate surface area is 449 Å². The summed E-state index contributed by atoms with van der Waals surface area (Å²) in [5.41, 5.74) is 4.29. The quantitative estimate of drug-likeness (QED) is 0.163. The lowest BCUT2D eigenvalue weighted by molar-refractivity contribution is 0.0887. The third kappa shape index (κ3) is 23.2. The zero-order chi connectivity index (χ0) is 54.4. The topological polar surface area (TPSA) is 96.8 Å². The van der Waals surface area contributed by atoms with Crippen molar-refractivity contribution in [3.8, 4) is 0 Å². The molecular weight excluding hydrogens is 901 g/mol. The molecule has 7 rings (SSSR count). The SMILES string of the molecule is CC(C)C1CCN(C(C)C)CC1.CC(C)CC1CCN(c2ccc(C(C)C)nn2)CC1.CC(C)N1CCN(C(C)C)CC1.CC(C)c1ccc(C(C)C)nn1.CC(C)c1ccc(N2CCN(C(C)C)CC2)nn1. The number of rotatable bonds is 13. The van der Waals surface area contributed by atoms with Gasteiger partial charge in [0.1, 0.15) is 0 Å². The van der Waals surface area contributed by atoms with E-state index in [0.717, 1.165) is 115 Å². The molecule has 12 nitrogen and oxygen atoms in total. The number of hydrogen-bond acceptors (Lipinski definition) is 12. The maximum Gasteiger partial charge on any atom is 0.151 e. The van der Waals surface area contributed by atoms with Crippen molar-refractivity contribution in [2.24, 2.45) is 23.7 Å². The number of piperidine rings is 2. The Morgan fingerprint density at radius 3 is 0.890 bits per heavy atom. The summed E-state index contributed by atoms with van der Waals surface area (Å²) >= 11 is 0. The highest BCUT2D eigenvalue weighted by Crippen LogP contribution is 2.28. The smallest absolute Gasteiger partial charge is 0.151 e. The van der Waals surface area contributed by atoms with Crippen LogP contribution >= 0.6 is 0 Å². The zero-order valence-corrected chi connectivity index (χ0v) is 50.8. The van der Waals surface area contributed by atoms with Crippen LogP contribution in [0.2, 0.25) is 0 Å². The van der Waals surface area contributed by atoms with Crippen LogP contribution in [-0.4, -0.2) is 153 Å². The van der Waals surface area contributed by atoms with Crippen molar-refractivity contribution in [2.75, 3.05) is 88.3 Å². The molecular formula is C61H112N12. The highest BCUT2D eigenvalue weighted by atomic mass is 15.3. The number of anilines is 2. The molecule has 12 heteroatoms. The molecule has 4 fully saturated rings. The van der Waals surface area contributed by atoms with Crippen LogP contribution in [0.15, 0.2) is 36.4 Å². The van der Waals surface area contributed by atoms with Gasteiger partial charge in [0.15, 0.2) is 11.6 Å². The molecule has 4 aliphatic rings. The molecule has 0 atom stereocenters. The molecule has 0 aromatic carbocycles. The fraction of sp³-hybridized carbons (Fsp3) is 0.803. The molecule has 0 spiro atoms. The van der Waals surface area contributed by atoms with Crippen LogP contribution in [0.4, 0.5) is 11.6 Å². The van der Waals surface area contributed by atoms with Gasteiger partial charge in [-0.15, -0.1) is 10.2 Å². The number of nitrogens with zero attached hydrogens (tertiary/aromatic N) is 12. The summed E-state index contributed by atoms with van der Waals surface area (Å²) in [6, 6.07) is 15.4. The van der Waals surface area contributed by atoms with Crippen molar-refractivity contribution in [1.29, 1.82) is 0 Å². The van der Waals surface area contributed by atoms with Crippen LogP contribution in [0.25, 0.3) is 0 Å².